The van der Waals surface area contributed by atoms with E-state index in [0.29, 0.717) is 17.7 Å². The summed E-state index contributed by atoms with van der Waals surface area (Å²) in [5.74, 6) is 1.12. The number of para-hydroxylation sites is 1. The van der Waals surface area contributed by atoms with Crippen molar-refractivity contribution in [3.05, 3.63) is 95.6 Å². The molecule has 3 nitrogen and oxygen atoms in total. The van der Waals surface area contributed by atoms with Crippen LogP contribution in [-0.4, -0.2) is 36.6 Å². The lowest BCUT2D eigenvalue weighted by molar-refractivity contribution is 0.357. The van der Waals surface area contributed by atoms with Gasteiger partial charge in [-0.25, -0.2) is 4.99 Å². The molecule has 1 fully saturated rings. The summed E-state index contributed by atoms with van der Waals surface area (Å²) in [6.45, 7) is 2.36. The van der Waals surface area contributed by atoms with Crippen LogP contribution in [0.5, 0.6) is 0 Å². The average molecular weight is 425 g/mol. The van der Waals surface area contributed by atoms with Gasteiger partial charge in [0, 0.05) is 23.3 Å². The van der Waals surface area contributed by atoms with Gasteiger partial charge in [-0.3, -0.25) is 0 Å². The summed E-state index contributed by atoms with van der Waals surface area (Å²) in [6.07, 6.45) is 3.65. The molecule has 5 rings (SSSR count). The number of anilines is 1. The molecule has 3 aromatic rings. The number of hydrogen-bond donors (Lipinski definition) is 1. The maximum Gasteiger partial charge on any atom is 0.186 e. The molecule has 1 saturated heterocycles. The fraction of sp³-hybridized carbons (Fsp3) is 0.269. The van der Waals surface area contributed by atoms with E-state index in [1.807, 2.05) is 0 Å². The third-order valence-electron chi connectivity index (χ3n) is 6.71. The van der Waals surface area contributed by atoms with Gasteiger partial charge < -0.3 is 10.1 Å². The smallest absolute Gasteiger partial charge is 0.186 e. The molecular weight excluding hydrogens is 396 g/mol. The van der Waals surface area contributed by atoms with Crippen molar-refractivity contribution in [1.82, 2.24) is 4.81 Å². The second-order valence-electron chi connectivity index (χ2n) is 8.71. The Morgan fingerprint density at radius 3 is 2.29 bits per heavy atom. The Morgan fingerprint density at radius 2 is 1.61 bits per heavy atom. The first-order valence-corrected chi connectivity index (χ1v) is 12.5. The second kappa shape index (κ2) is 8.98. The van der Waals surface area contributed by atoms with Gasteiger partial charge in [-0.05, 0) is 30.5 Å². The quantitative estimate of drug-likeness (QED) is 0.348. The summed E-state index contributed by atoms with van der Waals surface area (Å²) in [7, 11) is 3.16. The molecule has 0 amide bonds. The number of fused-ring (bicyclic) bond motifs is 3. The monoisotopic (exact) mass is 425 g/mol. The largest absolute Gasteiger partial charge is 0.376 e. The van der Waals surface area contributed by atoms with Crippen molar-refractivity contribution in [2.75, 3.05) is 11.6 Å². The maximum atomic E-state index is 5.25. The minimum absolute atomic E-state index is 0.526. The van der Waals surface area contributed by atoms with Crippen LogP contribution in [-0.2, 0) is 0 Å². The third-order valence-corrected chi connectivity index (χ3v) is 8.38. The van der Waals surface area contributed by atoms with Gasteiger partial charge in [-0.15, -0.1) is 0 Å². The molecule has 0 spiro atoms. The summed E-state index contributed by atoms with van der Waals surface area (Å²) >= 11 is 0. The molecule has 0 saturated carbocycles. The molecular formula is C26H29BN3P. The first-order chi connectivity index (χ1) is 15.2. The summed E-state index contributed by atoms with van der Waals surface area (Å²) in [4.78, 5) is 7.77. The van der Waals surface area contributed by atoms with E-state index < -0.39 is 0 Å². The molecule has 2 aliphatic rings. The van der Waals surface area contributed by atoms with Crippen molar-refractivity contribution in [3.8, 4) is 0 Å². The van der Waals surface area contributed by atoms with Crippen molar-refractivity contribution in [2.24, 2.45) is 4.99 Å². The van der Waals surface area contributed by atoms with E-state index in [9.17, 15) is 0 Å². The Labute approximate surface area is 188 Å². The van der Waals surface area contributed by atoms with Crippen LogP contribution in [0.3, 0.4) is 0 Å². The Bertz CT molecular complexity index is 1030. The molecule has 4 atom stereocenters. The summed E-state index contributed by atoms with van der Waals surface area (Å²) in [6, 6.07) is 28.4. The van der Waals surface area contributed by atoms with Crippen molar-refractivity contribution in [1.29, 1.82) is 0 Å². The van der Waals surface area contributed by atoms with Crippen LogP contribution < -0.4 is 5.32 Å². The van der Waals surface area contributed by atoms with E-state index in [2.05, 4.69) is 104 Å². The van der Waals surface area contributed by atoms with Crippen LogP contribution in [0.1, 0.15) is 42.4 Å². The molecule has 1 N–H and O–H groups in total. The fourth-order valence-electron chi connectivity index (χ4n) is 4.72. The summed E-state index contributed by atoms with van der Waals surface area (Å²) < 4.78 is 0. The number of aliphatic imine (C=N–C) groups is 1. The Balaban J connectivity index is 1.56. The van der Waals surface area contributed by atoms with Gasteiger partial charge in [0.1, 0.15) is 0 Å². The topological polar surface area (TPSA) is 27.6 Å². The van der Waals surface area contributed by atoms with Gasteiger partial charge in [0.15, 0.2) is 7.98 Å². The molecule has 0 aliphatic carbocycles. The Hall–Kier alpha value is -2.42. The lowest BCUT2D eigenvalue weighted by atomic mass is 9.93. The summed E-state index contributed by atoms with van der Waals surface area (Å²) in [5.41, 5.74) is 7.07. The zero-order valence-electron chi connectivity index (χ0n) is 18.3. The van der Waals surface area contributed by atoms with Crippen LogP contribution in [0.4, 0.5) is 11.4 Å². The number of benzene rings is 3. The van der Waals surface area contributed by atoms with Gasteiger partial charge in [0.25, 0.3) is 0 Å². The van der Waals surface area contributed by atoms with Crippen molar-refractivity contribution >= 4 is 33.6 Å². The van der Waals surface area contributed by atoms with E-state index in [1.54, 1.807) is 0 Å². The van der Waals surface area contributed by atoms with Gasteiger partial charge >= 0.3 is 0 Å². The predicted molar refractivity (Wildman–Crippen MR) is 137 cm³/mol. The Morgan fingerprint density at radius 1 is 0.935 bits per heavy atom. The van der Waals surface area contributed by atoms with E-state index in [4.69, 9.17) is 4.99 Å². The average Bonchev–Trinajstić information content (AvgIpc) is 3.17. The predicted octanol–water partition coefficient (Wildman–Crippen LogP) is 5.36. The van der Waals surface area contributed by atoms with E-state index in [0.717, 1.165) is 31.1 Å². The minimum Gasteiger partial charge on any atom is -0.376 e. The van der Waals surface area contributed by atoms with E-state index in [1.165, 1.54) is 30.4 Å². The maximum absolute atomic E-state index is 5.25. The normalized spacial score (nSPS) is 23.8. The summed E-state index contributed by atoms with van der Waals surface area (Å²) in [5, 5.41) is 3.90. The number of nitrogens with zero attached hydrogens (tertiary/aromatic N) is 2. The highest BCUT2D eigenvalue weighted by molar-refractivity contribution is 7.39. The third kappa shape index (κ3) is 4.20. The molecule has 0 aromatic heterocycles. The van der Waals surface area contributed by atoms with Gasteiger partial charge in [0.05, 0.1) is 22.9 Å². The van der Waals surface area contributed by atoms with Crippen LogP contribution in [0.25, 0.3) is 0 Å². The highest BCUT2D eigenvalue weighted by Gasteiger charge is 2.35. The number of rotatable bonds is 3. The zero-order valence-corrected chi connectivity index (χ0v) is 19.3. The van der Waals surface area contributed by atoms with Gasteiger partial charge in [-0.2, -0.15) is 0 Å². The highest BCUT2D eigenvalue weighted by Crippen LogP contribution is 2.50. The zero-order chi connectivity index (χ0) is 21.2. The molecule has 2 aliphatic heterocycles. The minimum atomic E-state index is 0.526. The van der Waals surface area contributed by atoms with Crippen LogP contribution in [0.15, 0.2) is 83.9 Å². The second-order valence-corrected chi connectivity index (χ2v) is 10.1. The first kappa shape index (κ1) is 20.5. The van der Waals surface area contributed by atoms with Crippen LogP contribution in [0.2, 0.25) is 0 Å². The van der Waals surface area contributed by atoms with Gasteiger partial charge in [0.2, 0.25) is 0 Å². The molecule has 5 heteroatoms. The first-order valence-electron chi connectivity index (χ1n) is 11.2. The molecule has 156 valence electrons. The molecule has 2 unspecified atom stereocenters. The number of nitrogens with one attached hydrogen (secondary N) is 1. The van der Waals surface area contributed by atoms with Crippen molar-refractivity contribution in [2.45, 2.75) is 37.5 Å². The molecule has 2 heterocycles. The number of hydrogen-bond acceptors (Lipinski definition) is 3. The van der Waals surface area contributed by atoms with Gasteiger partial charge in [-0.1, -0.05) is 88.3 Å². The van der Waals surface area contributed by atoms with Crippen LogP contribution in [0, 0.1) is 0 Å². The molecule has 3 aromatic carbocycles. The lowest BCUT2D eigenvalue weighted by Gasteiger charge is -2.33. The molecule has 0 radical (unpaired) electrons. The van der Waals surface area contributed by atoms with Crippen molar-refractivity contribution in [3.63, 3.8) is 0 Å². The van der Waals surface area contributed by atoms with Crippen molar-refractivity contribution < 1.29 is 0 Å². The van der Waals surface area contributed by atoms with E-state index >= 15 is 0 Å². The highest BCUT2D eigenvalue weighted by atomic mass is 31.1. The molecule has 31 heavy (non-hydrogen) atoms. The Kier molecular flexibility index (Phi) is 5.94. The lowest BCUT2D eigenvalue weighted by Crippen LogP contribution is -2.34. The standard InChI is InChI=1S/C26H29BN3P/c1-18-15-16-22-21-13-8-14-23(25(21)29-26(22)31-17-30(18)27)28-24(19-9-4-2-5-10-19)20-11-6-3-7-12-20/h2-14,18,22,26,29,31H,15-17,27H2,1H3/t18?,22-,26-/m0/s1. The molecule has 0 bridgehead atoms. The SMILES string of the molecule is BN1CP[C@@H]2Nc3c(N=C(c4ccccc4)c4ccccc4)cccc3[C@@H]2CCC1C. The van der Waals surface area contributed by atoms with E-state index in [-0.39, 0.29) is 0 Å². The van der Waals surface area contributed by atoms with Crippen LogP contribution >= 0.6 is 8.58 Å². The fourth-order valence-corrected chi connectivity index (χ4v) is 6.39.